The average Bonchev–Trinajstić information content (AvgIpc) is 2.97. The summed E-state index contributed by atoms with van der Waals surface area (Å²) in [6.07, 6.45) is 2.73. The number of imidazole rings is 1. The van der Waals surface area contributed by atoms with Crippen molar-refractivity contribution in [3.8, 4) is 17.0 Å². The number of hydrogen-bond acceptors (Lipinski definition) is 5. The van der Waals surface area contributed by atoms with Gasteiger partial charge in [0.25, 0.3) is 0 Å². The molecule has 2 heterocycles. The molecule has 1 aromatic carbocycles. The first-order valence-electron chi connectivity index (χ1n) is 6.00. The predicted octanol–water partition coefficient (Wildman–Crippen LogP) is 2.39. The molecule has 2 aromatic heterocycles. The SMILES string of the molecule is COc1cccc(-c2cn3nc(CCN)sc3n2)c1.Cl. The molecule has 106 valence electrons. The topological polar surface area (TPSA) is 65.4 Å². The van der Waals surface area contributed by atoms with Crippen LogP contribution in [0.2, 0.25) is 0 Å². The number of nitrogens with zero attached hydrogens (tertiary/aromatic N) is 3. The fourth-order valence-corrected chi connectivity index (χ4v) is 2.78. The monoisotopic (exact) mass is 310 g/mol. The molecular weight excluding hydrogens is 296 g/mol. The lowest BCUT2D eigenvalue weighted by atomic mass is 10.1. The van der Waals surface area contributed by atoms with Gasteiger partial charge in [0.15, 0.2) is 0 Å². The maximum atomic E-state index is 5.53. The molecule has 0 atom stereocenters. The summed E-state index contributed by atoms with van der Waals surface area (Å²) in [6.45, 7) is 0.611. The second-order valence-electron chi connectivity index (χ2n) is 4.12. The van der Waals surface area contributed by atoms with Gasteiger partial charge in [0.2, 0.25) is 4.96 Å². The van der Waals surface area contributed by atoms with E-state index in [-0.39, 0.29) is 12.4 Å². The van der Waals surface area contributed by atoms with Crippen molar-refractivity contribution < 1.29 is 4.74 Å². The maximum absolute atomic E-state index is 5.53. The van der Waals surface area contributed by atoms with Crippen LogP contribution in [0, 0.1) is 0 Å². The van der Waals surface area contributed by atoms with Crippen LogP contribution in [-0.2, 0) is 6.42 Å². The number of rotatable bonds is 4. The Morgan fingerprint density at radius 1 is 1.40 bits per heavy atom. The van der Waals surface area contributed by atoms with E-state index < -0.39 is 0 Å². The predicted molar refractivity (Wildman–Crippen MR) is 82.9 cm³/mol. The quantitative estimate of drug-likeness (QED) is 0.803. The summed E-state index contributed by atoms with van der Waals surface area (Å²) in [6, 6.07) is 7.84. The third kappa shape index (κ3) is 2.77. The molecule has 0 aliphatic carbocycles. The Labute approximate surface area is 126 Å². The molecule has 0 unspecified atom stereocenters. The molecule has 0 spiro atoms. The molecule has 0 aliphatic rings. The Kier molecular flexibility index (Phi) is 4.59. The summed E-state index contributed by atoms with van der Waals surface area (Å²) in [4.78, 5) is 5.47. The van der Waals surface area contributed by atoms with Crippen LogP contribution < -0.4 is 10.5 Å². The standard InChI is InChI=1S/C13H14N4OS.ClH/c1-18-10-4-2-3-9(7-10)11-8-17-13(15-11)19-12(16-17)5-6-14;/h2-4,7-8H,5-6,14H2,1H3;1H. The van der Waals surface area contributed by atoms with Gasteiger partial charge in [-0.05, 0) is 18.7 Å². The molecule has 2 N–H and O–H groups in total. The minimum Gasteiger partial charge on any atom is -0.497 e. The normalized spacial score (nSPS) is 10.5. The van der Waals surface area contributed by atoms with Crippen LogP contribution in [0.5, 0.6) is 5.75 Å². The molecule has 0 aliphatic heterocycles. The van der Waals surface area contributed by atoms with Crippen LogP contribution in [0.15, 0.2) is 30.5 Å². The number of halogens is 1. The van der Waals surface area contributed by atoms with Gasteiger partial charge < -0.3 is 10.5 Å². The van der Waals surface area contributed by atoms with Crippen LogP contribution in [0.3, 0.4) is 0 Å². The smallest absolute Gasteiger partial charge is 0.212 e. The zero-order chi connectivity index (χ0) is 13.2. The van der Waals surface area contributed by atoms with Crippen molar-refractivity contribution in [3.63, 3.8) is 0 Å². The van der Waals surface area contributed by atoms with Gasteiger partial charge in [-0.2, -0.15) is 5.10 Å². The highest BCUT2D eigenvalue weighted by Gasteiger charge is 2.09. The Morgan fingerprint density at radius 3 is 2.95 bits per heavy atom. The molecule has 0 radical (unpaired) electrons. The van der Waals surface area contributed by atoms with Crippen molar-refractivity contribution in [1.82, 2.24) is 14.6 Å². The summed E-state index contributed by atoms with van der Waals surface area (Å²) in [7, 11) is 1.66. The fraction of sp³-hybridized carbons (Fsp3) is 0.231. The molecule has 0 amide bonds. The third-order valence-electron chi connectivity index (χ3n) is 2.81. The molecule has 0 bridgehead atoms. The number of fused-ring (bicyclic) bond motifs is 1. The van der Waals surface area contributed by atoms with E-state index in [1.54, 1.807) is 18.4 Å². The van der Waals surface area contributed by atoms with Gasteiger partial charge in [0, 0.05) is 12.0 Å². The number of aromatic nitrogens is 3. The highest BCUT2D eigenvalue weighted by atomic mass is 35.5. The van der Waals surface area contributed by atoms with E-state index in [1.807, 2.05) is 35.0 Å². The lowest BCUT2D eigenvalue weighted by Gasteiger charge is -2.01. The highest BCUT2D eigenvalue weighted by molar-refractivity contribution is 7.16. The Morgan fingerprint density at radius 2 is 2.25 bits per heavy atom. The van der Waals surface area contributed by atoms with Gasteiger partial charge in [-0.3, -0.25) is 0 Å². The molecule has 20 heavy (non-hydrogen) atoms. The Bertz CT molecular complexity index is 678. The van der Waals surface area contributed by atoms with Crippen molar-refractivity contribution >= 4 is 28.7 Å². The van der Waals surface area contributed by atoms with Crippen molar-refractivity contribution in [3.05, 3.63) is 35.5 Å². The lowest BCUT2D eigenvalue weighted by Crippen LogP contribution is -2.02. The summed E-state index contributed by atoms with van der Waals surface area (Å²) in [5.41, 5.74) is 7.45. The average molecular weight is 311 g/mol. The van der Waals surface area contributed by atoms with E-state index in [2.05, 4.69) is 10.1 Å². The summed E-state index contributed by atoms with van der Waals surface area (Å²) >= 11 is 1.58. The van der Waals surface area contributed by atoms with E-state index >= 15 is 0 Å². The van der Waals surface area contributed by atoms with Gasteiger partial charge >= 0.3 is 0 Å². The van der Waals surface area contributed by atoms with Crippen molar-refractivity contribution in [1.29, 1.82) is 0 Å². The Balaban J connectivity index is 0.00000147. The maximum Gasteiger partial charge on any atom is 0.212 e. The van der Waals surface area contributed by atoms with E-state index in [0.29, 0.717) is 6.54 Å². The zero-order valence-corrected chi connectivity index (χ0v) is 12.6. The minimum absolute atomic E-state index is 0. The first kappa shape index (κ1) is 14.8. The summed E-state index contributed by atoms with van der Waals surface area (Å²) < 4.78 is 7.03. The van der Waals surface area contributed by atoms with Crippen LogP contribution >= 0.6 is 23.7 Å². The van der Waals surface area contributed by atoms with Crippen molar-refractivity contribution in [2.75, 3.05) is 13.7 Å². The molecular formula is C13H15ClN4OS. The first-order valence-corrected chi connectivity index (χ1v) is 6.81. The molecule has 0 fully saturated rings. The Hall–Kier alpha value is -1.63. The van der Waals surface area contributed by atoms with Crippen LogP contribution in [0.1, 0.15) is 5.01 Å². The second kappa shape index (κ2) is 6.21. The molecule has 0 saturated carbocycles. The van der Waals surface area contributed by atoms with Crippen molar-refractivity contribution in [2.45, 2.75) is 6.42 Å². The second-order valence-corrected chi connectivity index (χ2v) is 5.16. The van der Waals surface area contributed by atoms with Gasteiger partial charge in [-0.15, -0.1) is 12.4 Å². The third-order valence-corrected chi connectivity index (χ3v) is 3.79. The summed E-state index contributed by atoms with van der Waals surface area (Å²) in [5.74, 6) is 0.825. The van der Waals surface area contributed by atoms with E-state index in [9.17, 15) is 0 Å². The fourth-order valence-electron chi connectivity index (χ4n) is 1.89. The summed E-state index contributed by atoms with van der Waals surface area (Å²) in [5, 5.41) is 5.47. The number of benzene rings is 1. The van der Waals surface area contributed by atoms with Crippen LogP contribution in [-0.4, -0.2) is 28.3 Å². The van der Waals surface area contributed by atoms with Crippen LogP contribution in [0.4, 0.5) is 0 Å². The van der Waals surface area contributed by atoms with Crippen molar-refractivity contribution in [2.24, 2.45) is 5.73 Å². The van der Waals surface area contributed by atoms with Crippen LogP contribution in [0.25, 0.3) is 16.2 Å². The zero-order valence-electron chi connectivity index (χ0n) is 10.9. The first-order chi connectivity index (χ1) is 9.30. The molecule has 0 saturated heterocycles. The highest BCUT2D eigenvalue weighted by Crippen LogP contribution is 2.25. The molecule has 7 heteroatoms. The lowest BCUT2D eigenvalue weighted by molar-refractivity contribution is 0.415. The number of hydrogen-bond donors (Lipinski definition) is 1. The van der Waals surface area contributed by atoms with Gasteiger partial charge in [0.1, 0.15) is 10.8 Å². The molecule has 3 aromatic rings. The largest absolute Gasteiger partial charge is 0.497 e. The van der Waals surface area contributed by atoms with E-state index in [4.69, 9.17) is 10.5 Å². The molecule has 5 nitrogen and oxygen atoms in total. The minimum atomic E-state index is 0. The van der Waals surface area contributed by atoms with E-state index in [1.165, 1.54) is 0 Å². The number of ether oxygens (including phenoxy) is 1. The van der Waals surface area contributed by atoms with E-state index in [0.717, 1.165) is 33.4 Å². The molecule has 3 rings (SSSR count). The van der Waals surface area contributed by atoms with Gasteiger partial charge in [-0.1, -0.05) is 23.5 Å². The van der Waals surface area contributed by atoms with Gasteiger partial charge in [0.05, 0.1) is 19.0 Å². The number of methoxy groups -OCH3 is 1. The number of nitrogens with two attached hydrogens (primary N) is 1. The van der Waals surface area contributed by atoms with Gasteiger partial charge in [-0.25, -0.2) is 9.50 Å².